The van der Waals surface area contributed by atoms with Gasteiger partial charge in [-0.25, -0.2) is 4.57 Å². The van der Waals surface area contributed by atoms with Gasteiger partial charge in [-0.3, -0.25) is 18.6 Å². The lowest BCUT2D eigenvalue weighted by Gasteiger charge is -2.20. The summed E-state index contributed by atoms with van der Waals surface area (Å²) in [5.41, 5.74) is 0. The Balaban J connectivity index is 4.35. The molecule has 0 spiro atoms. The summed E-state index contributed by atoms with van der Waals surface area (Å²) in [4.78, 5) is 34.9. The van der Waals surface area contributed by atoms with Gasteiger partial charge < -0.3 is 24.6 Å². The molecule has 0 aromatic rings. The van der Waals surface area contributed by atoms with Gasteiger partial charge >= 0.3 is 19.8 Å². The van der Waals surface area contributed by atoms with E-state index in [0.717, 1.165) is 103 Å². The number of hydrogen-bond acceptors (Lipinski definition) is 9. The van der Waals surface area contributed by atoms with Crippen molar-refractivity contribution in [2.24, 2.45) is 0 Å². The molecule has 0 aliphatic carbocycles. The van der Waals surface area contributed by atoms with Crippen molar-refractivity contribution in [2.45, 2.75) is 180 Å². The minimum absolute atomic E-state index is 0.164. The van der Waals surface area contributed by atoms with Gasteiger partial charge in [0, 0.05) is 12.8 Å². The third-order valence-electron chi connectivity index (χ3n) is 8.66. The topological polar surface area (TPSA) is 149 Å². The van der Waals surface area contributed by atoms with Gasteiger partial charge in [0.25, 0.3) is 0 Å². The van der Waals surface area contributed by atoms with Crippen LogP contribution in [0.4, 0.5) is 0 Å². The van der Waals surface area contributed by atoms with Crippen molar-refractivity contribution in [1.29, 1.82) is 0 Å². The van der Waals surface area contributed by atoms with E-state index < -0.39 is 51.8 Å². The van der Waals surface area contributed by atoms with E-state index in [4.69, 9.17) is 19.1 Å². The number of aliphatic hydroxyl groups excluding tert-OH is 2. The van der Waals surface area contributed by atoms with Gasteiger partial charge in [0.2, 0.25) is 0 Å². The largest absolute Gasteiger partial charge is 0.472 e. The molecule has 3 unspecified atom stereocenters. The second-order valence-corrected chi connectivity index (χ2v) is 15.4. The van der Waals surface area contributed by atoms with Crippen LogP contribution >= 0.6 is 7.82 Å². The number of esters is 2. The number of allylic oxidation sites excluding steroid dienone is 10. The van der Waals surface area contributed by atoms with Crippen LogP contribution in [0.5, 0.6) is 0 Å². The number of ether oxygens (including phenoxy) is 2. The summed E-state index contributed by atoms with van der Waals surface area (Å²) >= 11 is 0. The Kier molecular flexibility index (Phi) is 38.2. The van der Waals surface area contributed by atoms with E-state index in [1.807, 2.05) is 0 Å². The van der Waals surface area contributed by atoms with Crippen LogP contribution in [-0.4, -0.2) is 65.7 Å². The predicted molar refractivity (Wildman–Crippen MR) is 224 cm³/mol. The molecule has 0 saturated heterocycles. The van der Waals surface area contributed by atoms with E-state index in [-0.39, 0.29) is 19.4 Å². The maximum absolute atomic E-state index is 12.6. The maximum Gasteiger partial charge on any atom is 0.472 e. The van der Waals surface area contributed by atoms with Crippen molar-refractivity contribution >= 4 is 19.8 Å². The number of hydrogen-bond donors (Lipinski definition) is 3. The number of carbonyl (C=O) groups excluding carboxylic acids is 2. The number of carbonyl (C=O) groups is 2. The molecular formula is C44H77O10P. The zero-order valence-corrected chi connectivity index (χ0v) is 35.3. The first kappa shape index (κ1) is 52.7. The number of phosphoric ester groups is 1. The molecule has 318 valence electrons. The van der Waals surface area contributed by atoms with Crippen molar-refractivity contribution < 1.29 is 47.8 Å². The molecule has 0 aliphatic heterocycles. The molecule has 0 radical (unpaired) electrons. The van der Waals surface area contributed by atoms with E-state index in [1.54, 1.807) is 0 Å². The molecule has 0 amide bonds. The van der Waals surface area contributed by atoms with Crippen molar-refractivity contribution in [3.8, 4) is 0 Å². The molecule has 55 heavy (non-hydrogen) atoms. The standard InChI is InChI=1S/C44H77O10P/c1-3-5-7-9-11-13-15-17-18-19-20-21-22-24-26-28-30-32-34-36-44(48)54-42(40-53-55(49,50)52-38-41(46)37-45)39-51-43(47)35-33-31-29-27-25-23-16-14-12-10-8-6-4-2/h5,7,11,13-14,16-18,20-21,41-42,45-46H,3-4,6,8-10,12,15,19,22-40H2,1-2H3,(H,49,50)/b7-5-,13-11-,16-14-,18-17-,21-20-. The minimum Gasteiger partial charge on any atom is -0.462 e. The van der Waals surface area contributed by atoms with E-state index >= 15 is 0 Å². The van der Waals surface area contributed by atoms with Gasteiger partial charge in [0.15, 0.2) is 6.10 Å². The molecule has 10 nitrogen and oxygen atoms in total. The molecule has 0 aromatic carbocycles. The lowest BCUT2D eigenvalue weighted by atomic mass is 10.1. The molecule has 0 aromatic heterocycles. The summed E-state index contributed by atoms with van der Waals surface area (Å²) in [6.45, 7) is 2.21. The second kappa shape index (κ2) is 39.9. The third kappa shape index (κ3) is 39.7. The van der Waals surface area contributed by atoms with Crippen LogP contribution in [0.3, 0.4) is 0 Å². The van der Waals surface area contributed by atoms with E-state index in [0.29, 0.717) is 12.8 Å². The normalized spacial score (nSPS) is 14.5. The molecule has 0 aliphatic rings. The molecule has 0 fully saturated rings. The van der Waals surface area contributed by atoms with Crippen molar-refractivity contribution in [1.82, 2.24) is 0 Å². The number of phosphoric acid groups is 1. The smallest absolute Gasteiger partial charge is 0.462 e. The van der Waals surface area contributed by atoms with Crippen LogP contribution in [0.2, 0.25) is 0 Å². The van der Waals surface area contributed by atoms with Gasteiger partial charge in [-0.15, -0.1) is 0 Å². The van der Waals surface area contributed by atoms with Crippen LogP contribution in [0.25, 0.3) is 0 Å². The lowest BCUT2D eigenvalue weighted by Crippen LogP contribution is -2.29. The van der Waals surface area contributed by atoms with Gasteiger partial charge in [-0.2, -0.15) is 0 Å². The highest BCUT2D eigenvalue weighted by molar-refractivity contribution is 7.47. The summed E-state index contributed by atoms with van der Waals surface area (Å²) in [6.07, 6.45) is 43.2. The predicted octanol–water partition coefficient (Wildman–Crippen LogP) is 11.1. The highest BCUT2D eigenvalue weighted by atomic mass is 31.2. The van der Waals surface area contributed by atoms with Gasteiger partial charge in [0.05, 0.1) is 19.8 Å². The SMILES string of the molecule is CC/C=C\C/C=C\C/C=C\C/C=C\CCCCCCCCC(=O)OC(COC(=O)CCCCCCC/C=C\CCCCCC)COP(=O)(O)OCC(O)CO. The second-order valence-electron chi connectivity index (χ2n) is 14.0. The van der Waals surface area contributed by atoms with Gasteiger partial charge in [-0.05, 0) is 77.0 Å². The number of unbranched alkanes of at least 4 members (excludes halogenated alkanes) is 15. The molecule has 0 rings (SSSR count). The zero-order chi connectivity index (χ0) is 40.5. The van der Waals surface area contributed by atoms with Crippen LogP contribution in [0.1, 0.15) is 168 Å². The Morgan fingerprint density at radius 3 is 1.53 bits per heavy atom. The Labute approximate surface area is 334 Å². The van der Waals surface area contributed by atoms with Crippen LogP contribution in [-0.2, 0) is 32.7 Å². The van der Waals surface area contributed by atoms with Crippen LogP contribution in [0, 0.1) is 0 Å². The van der Waals surface area contributed by atoms with Gasteiger partial charge in [0.1, 0.15) is 12.7 Å². The summed E-state index contributed by atoms with van der Waals surface area (Å²) < 4.78 is 32.7. The average molecular weight is 797 g/mol. The average Bonchev–Trinajstić information content (AvgIpc) is 3.17. The zero-order valence-electron chi connectivity index (χ0n) is 34.4. The molecule has 0 bridgehead atoms. The monoisotopic (exact) mass is 797 g/mol. The van der Waals surface area contributed by atoms with Crippen molar-refractivity contribution in [3.05, 3.63) is 60.8 Å². The highest BCUT2D eigenvalue weighted by Gasteiger charge is 2.27. The van der Waals surface area contributed by atoms with E-state index in [1.165, 1.54) is 25.7 Å². The Hall–Kier alpha value is -2.33. The summed E-state index contributed by atoms with van der Waals surface area (Å²) in [5, 5.41) is 18.3. The fraction of sp³-hybridized carbons (Fsp3) is 0.727. The van der Waals surface area contributed by atoms with E-state index in [9.17, 15) is 24.2 Å². The first-order valence-electron chi connectivity index (χ1n) is 21.2. The fourth-order valence-electron chi connectivity index (χ4n) is 5.39. The quantitative estimate of drug-likeness (QED) is 0.0237. The third-order valence-corrected chi connectivity index (χ3v) is 9.61. The minimum atomic E-state index is -4.62. The Bertz CT molecular complexity index is 1100. The Morgan fingerprint density at radius 2 is 1.00 bits per heavy atom. The van der Waals surface area contributed by atoms with Crippen molar-refractivity contribution in [2.75, 3.05) is 26.4 Å². The van der Waals surface area contributed by atoms with Crippen molar-refractivity contribution in [3.63, 3.8) is 0 Å². The molecule has 11 heteroatoms. The molecule has 0 heterocycles. The summed E-state index contributed by atoms with van der Waals surface area (Å²) in [6, 6.07) is 0. The first-order valence-corrected chi connectivity index (χ1v) is 22.7. The van der Waals surface area contributed by atoms with E-state index in [2.05, 4.69) is 79.1 Å². The lowest BCUT2D eigenvalue weighted by molar-refractivity contribution is -0.161. The van der Waals surface area contributed by atoms with Crippen LogP contribution < -0.4 is 0 Å². The highest BCUT2D eigenvalue weighted by Crippen LogP contribution is 2.43. The fourth-order valence-corrected chi connectivity index (χ4v) is 6.18. The molecule has 0 saturated carbocycles. The summed E-state index contributed by atoms with van der Waals surface area (Å²) in [5.74, 6) is -0.955. The van der Waals surface area contributed by atoms with Gasteiger partial charge in [-0.1, -0.05) is 139 Å². The Morgan fingerprint density at radius 1 is 0.564 bits per heavy atom. The first-order chi connectivity index (χ1) is 26.7. The maximum atomic E-state index is 12.6. The number of aliphatic hydroxyl groups is 2. The molecule has 3 atom stereocenters. The summed E-state index contributed by atoms with van der Waals surface area (Å²) in [7, 11) is -4.62. The number of rotatable bonds is 39. The molecule has 3 N–H and O–H groups in total. The van der Waals surface area contributed by atoms with Crippen LogP contribution in [0.15, 0.2) is 60.8 Å². The molecular weight excluding hydrogens is 719 g/mol.